The van der Waals surface area contributed by atoms with Crippen LogP contribution in [0.4, 0.5) is 13.2 Å². The van der Waals surface area contributed by atoms with Crippen molar-refractivity contribution in [3.8, 4) is 22.9 Å². The lowest BCUT2D eigenvalue weighted by atomic mass is 9.99. The molecule has 0 amide bonds. The number of hydrogen-bond acceptors (Lipinski definition) is 4. The highest BCUT2D eigenvalue weighted by Crippen LogP contribution is 2.44. The van der Waals surface area contributed by atoms with Gasteiger partial charge in [0.15, 0.2) is 5.01 Å². The molecule has 2 aromatic carbocycles. The van der Waals surface area contributed by atoms with Crippen LogP contribution in [0.1, 0.15) is 10.6 Å². The molecule has 1 heterocycles. The van der Waals surface area contributed by atoms with E-state index < -0.39 is 11.2 Å². The molecule has 3 aromatic rings. The number of ether oxygens (including phenoxy) is 1. The molecular formula is C16H9F3N2OS. The number of fused-ring (bicyclic) bond motifs is 1. The van der Waals surface area contributed by atoms with Gasteiger partial charge in [0.1, 0.15) is 5.75 Å². The van der Waals surface area contributed by atoms with E-state index in [1.54, 1.807) is 30.3 Å². The maximum atomic E-state index is 13.0. The van der Waals surface area contributed by atoms with E-state index in [0.29, 0.717) is 38.5 Å². The lowest BCUT2D eigenvalue weighted by Gasteiger charge is -2.10. The fourth-order valence-corrected chi connectivity index (χ4v) is 3.30. The van der Waals surface area contributed by atoms with Crippen molar-refractivity contribution in [1.29, 1.82) is 5.26 Å². The number of aromatic nitrogens is 1. The average Bonchev–Trinajstić information content (AvgIpc) is 2.98. The number of rotatable bonds is 2. The van der Waals surface area contributed by atoms with Gasteiger partial charge in [0, 0.05) is 11.1 Å². The zero-order chi connectivity index (χ0) is 16.6. The Kier molecular flexibility index (Phi) is 3.70. The fraction of sp³-hybridized carbons (Fsp3) is 0.125. The maximum Gasteiger partial charge on any atom is 0.443 e. The lowest BCUT2D eigenvalue weighted by molar-refractivity contribution is -0.137. The van der Waals surface area contributed by atoms with Gasteiger partial charge in [0.05, 0.1) is 29.0 Å². The number of alkyl halides is 3. The highest BCUT2D eigenvalue weighted by atomic mass is 32.1. The van der Waals surface area contributed by atoms with Crippen LogP contribution in [0, 0.1) is 11.3 Å². The van der Waals surface area contributed by atoms with Crippen LogP contribution in [0.15, 0.2) is 36.4 Å². The number of halogens is 3. The Morgan fingerprint density at radius 1 is 1.17 bits per heavy atom. The molecule has 0 radical (unpaired) electrons. The van der Waals surface area contributed by atoms with Gasteiger partial charge in [-0.1, -0.05) is 18.2 Å². The molecular weight excluding hydrogens is 325 g/mol. The zero-order valence-corrected chi connectivity index (χ0v) is 12.6. The van der Waals surface area contributed by atoms with E-state index in [0.717, 1.165) is 0 Å². The van der Waals surface area contributed by atoms with Crippen molar-refractivity contribution < 1.29 is 17.9 Å². The van der Waals surface area contributed by atoms with E-state index in [4.69, 9.17) is 4.74 Å². The first-order valence-corrected chi connectivity index (χ1v) is 7.31. The van der Waals surface area contributed by atoms with Gasteiger partial charge in [-0.15, -0.1) is 11.3 Å². The van der Waals surface area contributed by atoms with Gasteiger partial charge in [-0.2, -0.15) is 18.4 Å². The normalized spacial score (nSPS) is 11.4. The average molecular weight is 334 g/mol. The van der Waals surface area contributed by atoms with Crippen molar-refractivity contribution in [1.82, 2.24) is 4.98 Å². The predicted molar refractivity (Wildman–Crippen MR) is 81.3 cm³/mol. The van der Waals surface area contributed by atoms with Crippen LogP contribution in [0.3, 0.4) is 0 Å². The molecule has 0 saturated carbocycles. The first kappa shape index (κ1) is 15.3. The first-order valence-electron chi connectivity index (χ1n) is 6.50. The predicted octanol–water partition coefficient (Wildman–Crippen LogP) is 4.86. The summed E-state index contributed by atoms with van der Waals surface area (Å²) in [7, 11) is 1.44. The molecule has 1 aromatic heterocycles. The van der Waals surface area contributed by atoms with Crippen molar-refractivity contribution in [3.63, 3.8) is 0 Å². The van der Waals surface area contributed by atoms with Crippen LogP contribution in [0.5, 0.6) is 5.75 Å². The number of hydrogen-bond donors (Lipinski definition) is 0. The van der Waals surface area contributed by atoms with Crippen LogP contribution < -0.4 is 4.74 Å². The Morgan fingerprint density at radius 2 is 1.91 bits per heavy atom. The third kappa shape index (κ3) is 2.62. The van der Waals surface area contributed by atoms with Gasteiger partial charge in [-0.25, -0.2) is 4.98 Å². The summed E-state index contributed by atoms with van der Waals surface area (Å²) < 4.78 is 44.5. The van der Waals surface area contributed by atoms with Crippen molar-refractivity contribution in [2.45, 2.75) is 6.18 Å². The number of benzene rings is 2. The van der Waals surface area contributed by atoms with E-state index in [-0.39, 0.29) is 5.52 Å². The molecule has 0 bridgehead atoms. The Hall–Kier alpha value is -2.59. The molecule has 0 aliphatic rings. The summed E-state index contributed by atoms with van der Waals surface area (Å²) in [5, 5.41) is 8.35. The minimum Gasteiger partial charge on any atom is -0.496 e. The summed E-state index contributed by atoms with van der Waals surface area (Å²) in [5.41, 5.74) is 1.57. The second-order valence-corrected chi connectivity index (χ2v) is 5.66. The molecule has 0 aliphatic carbocycles. The van der Waals surface area contributed by atoms with E-state index >= 15 is 0 Å². The molecule has 0 aliphatic heterocycles. The monoisotopic (exact) mass is 334 g/mol. The minimum absolute atomic E-state index is 0.228. The summed E-state index contributed by atoms with van der Waals surface area (Å²) in [4.78, 5) is 3.66. The van der Waals surface area contributed by atoms with Crippen LogP contribution in [-0.2, 0) is 6.18 Å². The van der Waals surface area contributed by atoms with Crippen LogP contribution in [0.25, 0.3) is 21.3 Å². The molecule has 7 heteroatoms. The summed E-state index contributed by atoms with van der Waals surface area (Å²) in [5.74, 6) is 0.401. The van der Waals surface area contributed by atoms with E-state index in [1.807, 2.05) is 0 Å². The number of nitrogens with zero attached hydrogens (tertiary/aromatic N) is 2. The Labute approximate surface area is 133 Å². The topological polar surface area (TPSA) is 45.9 Å². The molecule has 0 atom stereocenters. The van der Waals surface area contributed by atoms with Crippen LogP contribution in [-0.4, -0.2) is 12.1 Å². The molecule has 0 fully saturated rings. The van der Waals surface area contributed by atoms with Gasteiger partial charge >= 0.3 is 6.18 Å². The summed E-state index contributed by atoms with van der Waals surface area (Å²) in [6.45, 7) is 0. The Morgan fingerprint density at radius 3 is 2.57 bits per heavy atom. The third-order valence-electron chi connectivity index (χ3n) is 3.30. The number of thiazole rings is 1. The SMILES string of the molecule is COc1ccc2nc(C(F)(F)F)sc2c1-c1ccccc1C#N. The van der Waals surface area contributed by atoms with Gasteiger partial charge in [0.2, 0.25) is 0 Å². The molecule has 23 heavy (non-hydrogen) atoms. The van der Waals surface area contributed by atoms with Gasteiger partial charge in [-0.3, -0.25) is 0 Å². The molecule has 0 unspecified atom stereocenters. The largest absolute Gasteiger partial charge is 0.496 e. The van der Waals surface area contributed by atoms with E-state index in [1.165, 1.54) is 13.2 Å². The van der Waals surface area contributed by atoms with Gasteiger partial charge in [-0.05, 0) is 18.2 Å². The molecule has 0 spiro atoms. The highest BCUT2D eigenvalue weighted by Gasteiger charge is 2.35. The summed E-state index contributed by atoms with van der Waals surface area (Å²) in [6, 6.07) is 11.8. The van der Waals surface area contributed by atoms with Crippen molar-refractivity contribution in [3.05, 3.63) is 47.0 Å². The molecule has 3 nitrogen and oxygen atoms in total. The number of methoxy groups -OCH3 is 1. The fourth-order valence-electron chi connectivity index (χ4n) is 2.32. The standard InChI is InChI=1S/C16H9F3N2OS/c1-22-12-7-6-11-14(23-15(21-11)16(17,18)19)13(12)10-5-3-2-4-9(10)8-20/h2-7H,1H3. The number of nitriles is 1. The van der Waals surface area contributed by atoms with E-state index in [2.05, 4.69) is 11.1 Å². The minimum atomic E-state index is -4.51. The van der Waals surface area contributed by atoms with Crippen LogP contribution >= 0.6 is 11.3 Å². The summed E-state index contributed by atoms with van der Waals surface area (Å²) in [6.07, 6.45) is -4.51. The smallest absolute Gasteiger partial charge is 0.443 e. The molecule has 3 rings (SSSR count). The lowest BCUT2D eigenvalue weighted by Crippen LogP contribution is -2.03. The van der Waals surface area contributed by atoms with Gasteiger partial charge < -0.3 is 4.74 Å². The molecule has 116 valence electrons. The Balaban J connectivity index is 2.38. The molecule has 0 N–H and O–H groups in total. The Bertz CT molecular complexity index is 925. The van der Waals surface area contributed by atoms with E-state index in [9.17, 15) is 18.4 Å². The first-order chi connectivity index (χ1) is 11.0. The van der Waals surface area contributed by atoms with Crippen molar-refractivity contribution in [2.24, 2.45) is 0 Å². The second kappa shape index (κ2) is 5.56. The van der Waals surface area contributed by atoms with Crippen LogP contribution in [0.2, 0.25) is 0 Å². The van der Waals surface area contributed by atoms with Gasteiger partial charge in [0.25, 0.3) is 0 Å². The summed E-state index contributed by atoms with van der Waals surface area (Å²) >= 11 is 0.549. The maximum absolute atomic E-state index is 13.0. The van der Waals surface area contributed by atoms with Crippen molar-refractivity contribution in [2.75, 3.05) is 7.11 Å². The second-order valence-electron chi connectivity index (χ2n) is 4.67. The third-order valence-corrected chi connectivity index (χ3v) is 4.43. The molecule has 0 saturated heterocycles. The quantitative estimate of drug-likeness (QED) is 0.672. The highest BCUT2D eigenvalue weighted by molar-refractivity contribution is 7.19. The van der Waals surface area contributed by atoms with Crippen molar-refractivity contribution >= 4 is 21.6 Å². The zero-order valence-electron chi connectivity index (χ0n) is 11.8.